The number of halogens is 2. The minimum atomic E-state index is -0.123. The lowest BCUT2D eigenvalue weighted by Crippen LogP contribution is -2.26. The van der Waals surface area contributed by atoms with Crippen LogP contribution in [0.4, 0.5) is 5.69 Å². The maximum absolute atomic E-state index is 12.3. The third-order valence-corrected chi connectivity index (χ3v) is 4.14. The highest BCUT2D eigenvalue weighted by Gasteiger charge is 2.14. The van der Waals surface area contributed by atoms with Crippen LogP contribution in [0.5, 0.6) is 0 Å². The molecule has 0 radical (unpaired) electrons. The summed E-state index contributed by atoms with van der Waals surface area (Å²) in [6, 6.07) is 12.9. The summed E-state index contributed by atoms with van der Waals surface area (Å²) in [7, 11) is 0. The van der Waals surface area contributed by atoms with Gasteiger partial charge in [0.05, 0.1) is 11.6 Å². The average molecular weight is 398 g/mol. The predicted octanol–water partition coefficient (Wildman–Crippen LogP) is 4.28. The summed E-state index contributed by atoms with van der Waals surface area (Å²) in [5.74, 6) is -0.123. The molecular formula is C15H14Br2N2O. The van der Waals surface area contributed by atoms with Crippen LogP contribution in [0.2, 0.25) is 0 Å². The van der Waals surface area contributed by atoms with Gasteiger partial charge in [0.15, 0.2) is 0 Å². The topological polar surface area (TPSA) is 55.1 Å². The van der Waals surface area contributed by atoms with E-state index in [-0.39, 0.29) is 11.9 Å². The number of carbonyl (C=O) groups excluding carboxylic acids is 1. The number of amides is 1. The van der Waals surface area contributed by atoms with E-state index in [2.05, 4.69) is 37.2 Å². The molecule has 0 saturated heterocycles. The van der Waals surface area contributed by atoms with Crippen molar-refractivity contribution >= 4 is 43.5 Å². The Hall–Kier alpha value is -1.33. The van der Waals surface area contributed by atoms with Gasteiger partial charge in [-0.2, -0.15) is 0 Å². The molecule has 20 heavy (non-hydrogen) atoms. The van der Waals surface area contributed by atoms with Crippen LogP contribution in [0.3, 0.4) is 0 Å². The normalized spacial score (nSPS) is 11.9. The van der Waals surface area contributed by atoms with Crippen LogP contribution in [-0.2, 0) is 0 Å². The Morgan fingerprint density at radius 1 is 1.15 bits per heavy atom. The van der Waals surface area contributed by atoms with Gasteiger partial charge in [0, 0.05) is 14.6 Å². The first-order valence-corrected chi connectivity index (χ1v) is 7.67. The highest BCUT2D eigenvalue weighted by atomic mass is 79.9. The fraction of sp³-hybridized carbons (Fsp3) is 0.133. The largest absolute Gasteiger partial charge is 0.399 e. The molecule has 104 valence electrons. The van der Waals surface area contributed by atoms with Crippen molar-refractivity contribution in [1.29, 1.82) is 0 Å². The number of nitrogens with one attached hydrogen (secondary N) is 1. The lowest BCUT2D eigenvalue weighted by Gasteiger charge is -2.15. The van der Waals surface area contributed by atoms with E-state index < -0.39 is 0 Å². The van der Waals surface area contributed by atoms with Gasteiger partial charge in [-0.15, -0.1) is 0 Å². The molecule has 0 fully saturated rings. The molecule has 0 aliphatic heterocycles. The average Bonchev–Trinajstić information content (AvgIpc) is 2.42. The quantitative estimate of drug-likeness (QED) is 0.759. The Bertz CT molecular complexity index is 626. The van der Waals surface area contributed by atoms with Gasteiger partial charge < -0.3 is 11.1 Å². The third-order valence-electron chi connectivity index (χ3n) is 2.96. The number of rotatable bonds is 3. The lowest BCUT2D eigenvalue weighted by atomic mass is 10.1. The first-order chi connectivity index (χ1) is 9.47. The summed E-state index contributed by atoms with van der Waals surface area (Å²) in [5.41, 5.74) is 7.98. The number of nitrogens with two attached hydrogens (primary N) is 1. The summed E-state index contributed by atoms with van der Waals surface area (Å²) >= 11 is 6.76. The van der Waals surface area contributed by atoms with Crippen molar-refractivity contribution in [2.75, 3.05) is 5.73 Å². The smallest absolute Gasteiger partial charge is 0.252 e. The summed E-state index contributed by atoms with van der Waals surface area (Å²) in [5, 5.41) is 2.97. The van der Waals surface area contributed by atoms with Crippen molar-refractivity contribution in [3.05, 3.63) is 62.5 Å². The van der Waals surface area contributed by atoms with Crippen molar-refractivity contribution in [3.8, 4) is 0 Å². The van der Waals surface area contributed by atoms with Crippen LogP contribution in [-0.4, -0.2) is 5.91 Å². The molecule has 0 saturated carbocycles. The van der Waals surface area contributed by atoms with Crippen LogP contribution in [0, 0.1) is 0 Å². The first kappa shape index (κ1) is 15.1. The number of anilines is 1. The maximum Gasteiger partial charge on any atom is 0.252 e. The molecular weight excluding hydrogens is 384 g/mol. The number of carbonyl (C=O) groups is 1. The summed E-state index contributed by atoms with van der Waals surface area (Å²) in [6.07, 6.45) is 0. The number of nitrogen functional groups attached to an aromatic ring is 1. The van der Waals surface area contributed by atoms with E-state index >= 15 is 0 Å². The molecule has 3 N–H and O–H groups in total. The molecule has 1 atom stereocenters. The van der Waals surface area contributed by atoms with Crippen molar-refractivity contribution in [2.24, 2.45) is 0 Å². The van der Waals surface area contributed by atoms with E-state index in [1.54, 1.807) is 6.07 Å². The van der Waals surface area contributed by atoms with Gasteiger partial charge in [-0.3, -0.25) is 4.79 Å². The van der Waals surface area contributed by atoms with Crippen LogP contribution in [0.15, 0.2) is 51.4 Å². The second-order valence-electron chi connectivity index (χ2n) is 4.49. The van der Waals surface area contributed by atoms with Gasteiger partial charge in [-0.05, 0) is 58.7 Å². The molecule has 2 aromatic carbocycles. The number of hydrogen-bond donors (Lipinski definition) is 2. The van der Waals surface area contributed by atoms with Gasteiger partial charge in [0.1, 0.15) is 0 Å². The van der Waals surface area contributed by atoms with E-state index in [1.807, 2.05) is 43.3 Å². The van der Waals surface area contributed by atoms with Crippen LogP contribution < -0.4 is 11.1 Å². The molecule has 0 bridgehead atoms. The highest BCUT2D eigenvalue weighted by molar-refractivity contribution is 9.11. The summed E-state index contributed by atoms with van der Waals surface area (Å²) in [6.45, 7) is 1.94. The number of hydrogen-bond acceptors (Lipinski definition) is 2. The molecule has 0 heterocycles. The molecule has 0 aliphatic carbocycles. The fourth-order valence-corrected chi connectivity index (χ4v) is 2.60. The molecule has 0 spiro atoms. The zero-order chi connectivity index (χ0) is 14.7. The summed E-state index contributed by atoms with van der Waals surface area (Å²) < 4.78 is 1.63. The predicted molar refractivity (Wildman–Crippen MR) is 88.6 cm³/mol. The van der Waals surface area contributed by atoms with Crippen molar-refractivity contribution in [2.45, 2.75) is 13.0 Å². The first-order valence-electron chi connectivity index (χ1n) is 6.08. The Morgan fingerprint density at radius 2 is 1.80 bits per heavy atom. The Kier molecular flexibility index (Phi) is 4.83. The Morgan fingerprint density at radius 3 is 2.45 bits per heavy atom. The zero-order valence-electron chi connectivity index (χ0n) is 10.9. The van der Waals surface area contributed by atoms with E-state index in [0.29, 0.717) is 11.3 Å². The second kappa shape index (κ2) is 6.41. The minimum Gasteiger partial charge on any atom is -0.399 e. The maximum atomic E-state index is 12.3. The van der Waals surface area contributed by atoms with Crippen molar-refractivity contribution in [3.63, 3.8) is 0 Å². The second-order valence-corrected chi connectivity index (χ2v) is 6.26. The molecule has 5 heteroatoms. The van der Waals surface area contributed by atoms with Crippen molar-refractivity contribution in [1.82, 2.24) is 5.32 Å². The molecule has 1 unspecified atom stereocenters. The standard InChI is InChI=1S/C15H14Br2N2O/c1-9(10-2-5-12(18)6-3-10)19-15(20)13-8-11(16)4-7-14(13)17/h2-9H,18H2,1H3,(H,19,20). The molecule has 3 nitrogen and oxygen atoms in total. The lowest BCUT2D eigenvalue weighted by molar-refractivity contribution is 0.0939. The van der Waals surface area contributed by atoms with E-state index in [0.717, 1.165) is 14.5 Å². The van der Waals surface area contributed by atoms with E-state index in [4.69, 9.17) is 5.73 Å². The molecule has 0 aliphatic rings. The van der Waals surface area contributed by atoms with Crippen LogP contribution in [0.1, 0.15) is 28.9 Å². The van der Waals surface area contributed by atoms with Gasteiger partial charge >= 0.3 is 0 Å². The monoisotopic (exact) mass is 396 g/mol. The molecule has 1 amide bonds. The van der Waals surface area contributed by atoms with Crippen molar-refractivity contribution < 1.29 is 4.79 Å². The Labute approximate surface area is 134 Å². The van der Waals surface area contributed by atoms with Crippen LogP contribution >= 0.6 is 31.9 Å². The van der Waals surface area contributed by atoms with Gasteiger partial charge in [0.25, 0.3) is 5.91 Å². The summed E-state index contributed by atoms with van der Waals surface area (Å²) in [4.78, 5) is 12.3. The number of benzene rings is 2. The van der Waals surface area contributed by atoms with Gasteiger partial charge in [-0.1, -0.05) is 28.1 Å². The van der Waals surface area contributed by atoms with E-state index in [9.17, 15) is 4.79 Å². The fourth-order valence-electron chi connectivity index (χ4n) is 1.81. The zero-order valence-corrected chi connectivity index (χ0v) is 14.0. The third kappa shape index (κ3) is 3.61. The SMILES string of the molecule is CC(NC(=O)c1cc(Br)ccc1Br)c1ccc(N)cc1. The highest BCUT2D eigenvalue weighted by Crippen LogP contribution is 2.22. The molecule has 2 aromatic rings. The minimum absolute atomic E-state index is 0.0889. The molecule has 2 rings (SSSR count). The van der Waals surface area contributed by atoms with Gasteiger partial charge in [-0.25, -0.2) is 0 Å². The van der Waals surface area contributed by atoms with E-state index in [1.165, 1.54) is 0 Å². The molecule has 0 aromatic heterocycles. The van der Waals surface area contributed by atoms with Crippen LogP contribution in [0.25, 0.3) is 0 Å². The Balaban J connectivity index is 2.15. The van der Waals surface area contributed by atoms with Gasteiger partial charge in [0.2, 0.25) is 0 Å².